The molecule has 39 heavy (non-hydrogen) atoms. The minimum Gasteiger partial charge on any atom is -0.510 e. The minimum absolute atomic E-state index is 0.0491. The van der Waals surface area contributed by atoms with Gasteiger partial charge < -0.3 is 31.3 Å². The second-order valence-corrected chi connectivity index (χ2v) is 12.8. The first-order valence-electron chi connectivity index (χ1n) is 12.6. The first-order valence-corrected chi connectivity index (χ1v) is 14.0. The lowest BCUT2D eigenvalue weighted by molar-refractivity contribution is -0.162. The van der Waals surface area contributed by atoms with Crippen LogP contribution in [0.3, 0.4) is 0 Å². The Hall–Kier alpha value is -2.86. The van der Waals surface area contributed by atoms with E-state index in [-0.39, 0.29) is 11.3 Å². The van der Waals surface area contributed by atoms with E-state index in [1.54, 1.807) is 6.92 Å². The molecule has 7 N–H and O–H groups in total. The number of aromatic hydroxyl groups is 1. The van der Waals surface area contributed by atoms with Crippen LogP contribution in [0.25, 0.3) is 0 Å². The van der Waals surface area contributed by atoms with E-state index < -0.39 is 81.1 Å². The summed E-state index contributed by atoms with van der Waals surface area (Å²) in [6, 6.07) is 0.564. The summed E-state index contributed by atoms with van der Waals surface area (Å²) in [4.78, 5) is 41.2. The van der Waals surface area contributed by atoms with Crippen LogP contribution in [0.15, 0.2) is 28.7 Å². The van der Waals surface area contributed by atoms with E-state index in [1.807, 2.05) is 33.1 Å². The summed E-state index contributed by atoms with van der Waals surface area (Å²) < 4.78 is 0. The molecule has 0 unspecified atom stereocenters. The number of Topliss-reactive ketones (excluding diaryl/α,β-unsaturated/α-hetero) is 2. The van der Waals surface area contributed by atoms with Gasteiger partial charge in [0, 0.05) is 22.8 Å². The van der Waals surface area contributed by atoms with Crippen molar-refractivity contribution in [3.05, 3.63) is 51.0 Å². The number of likely N-dealkylation sites (N-methyl/N-ethyl adjacent to an activating group) is 1. The lowest BCUT2D eigenvalue weighted by atomic mass is 9.54. The summed E-state index contributed by atoms with van der Waals surface area (Å²) in [5.74, 6) is -8.32. The van der Waals surface area contributed by atoms with Gasteiger partial charge in [0.15, 0.2) is 11.4 Å². The molecule has 0 radical (unpaired) electrons. The summed E-state index contributed by atoms with van der Waals surface area (Å²) >= 11 is 1.52. The van der Waals surface area contributed by atoms with E-state index in [9.17, 15) is 39.9 Å². The second kappa shape index (κ2) is 9.36. The zero-order valence-electron chi connectivity index (χ0n) is 23.1. The molecule has 1 aromatic rings. The number of phenols is 1. The first kappa shape index (κ1) is 29.1. The first-order chi connectivity index (χ1) is 17.9. The van der Waals surface area contributed by atoms with Crippen molar-refractivity contribution in [2.75, 3.05) is 20.4 Å². The van der Waals surface area contributed by atoms with Crippen molar-refractivity contribution in [2.24, 2.45) is 17.6 Å². The van der Waals surface area contributed by atoms with E-state index in [0.717, 1.165) is 5.56 Å². The van der Waals surface area contributed by atoms with Crippen molar-refractivity contribution in [2.45, 2.75) is 62.5 Å². The largest absolute Gasteiger partial charge is 0.510 e. The van der Waals surface area contributed by atoms with Crippen LogP contribution in [0.1, 0.15) is 60.7 Å². The van der Waals surface area contributed by atoms with Gasteiger partial charge in [0.1, 0.15) is 22.8 Å². The van der Waals surface area contributed by atoms with Crippen LogP contribution in [-0.2, 0) is 20.8 Å². The SMILES string of the molecule is CSCc1cc(C(C)(C)C)c(O)c2c1[C@H](C)[C@@H]1C(=C(O)[C@]3(O)C(=O)C(C(N)=O)=C(O)[C@@H](N(C)C)[C@@H]3[C@H]1O)C2=O. The normalized spacial score (nSPS) is 30.9. The number of thioether (sulfide) groups is 1. The Labute approximate surface area is 231 Å². The molecule has 0 aliphatic heterocycles. The molecule has 0 heterocycles. The van der Waals surface area contributed by atoms with Crippen molar-refractivity contribution >= 4 is 29.2 Å². The maximum Gasteiger partial charge on any atom is 0.255 e. The summed E-state index contributed by atoms with van der Waals surface area (Å²) in [7, 11) is 3.01. The predicted molar refractivity (Wildman–Crippen MR) is 146 cm³/mol. The maximum absolute atomic E-state index is 14.1. The average molecular weight is 561 g/mol. The van der Waals surface area contributed by atoms with Crippen LogP contribution in [-0.4, -0.2) is 86.0 Å². The third-order valence-electron chi connectivity index (χ3n) is 8.42. The van der Waals surface area contributed by atoms with Gasteiger partial charge in [-0.25, -0.2) is 0 Å². The Bertz CT molecular complexity index is 1360. The molecular formula is C28H36N2O8S. The zero-order chi connectivity index (χ0) is 29.5. The summed E-state index contributed by atoms with van der Waals surface area (Å²) in [6.45, 7) is 7.41. The number of hydrogen-bond donors (Lipinski definition) is 6. The molecule has 3 aliphatic carbocycles. The molecule has 0 aromatic heterocycles. The van der Waals surface area contributed by atoms with Gasteiger partial charge in [0.2, 0.25) is 5.78 Å². The molecule has 11 heteroatoms. The summed E-state index contributed by atoms with van der Waals surface area (Å²) in [5, 5.41) is 57.5. The van der Waals surface area contributed by atoms with Crippen LogP contribution in [0.4, 0.5) is 0 Å². The van der Waals surface area contributed by atoms with Crippen molar-refractivity contribution in [1.29, 1.82) is 0 Å². The van der Waals surface area contributed by atoms with Gasteiger partial charge in [-0.2, -0.15) is 11.8 Å². The number of aliphatic hydroxyl groups is 4. The van der Waals surface area contributed by atoms with Crippen LogP contribution in [0.5, 0.6) is 5.75 Å². The molecular weight excluding hydrogens is 524 g/mol. The van der Waals surface area contributed by atoms with E-state index >= 15 is 0 Å². The predicted octanol–water partition coefficient (Wildman–Crippen LogP) is 1.81. The van der Waals surface area contributed by atoms with Gasteiger partial charge in [0.25, 0.3) is 5.91 Å². The molecule has 4 rings (SSSR count). The van der Waals surface area contributed by atoms with Crippen molar-refractivity contribution < 1.29 is 39.9 Å². The number of amides is 1. The van der Waals surface area contributed by atoms with Gasteiger partial charge in [-0.05, 0) is 42.8 Å². The van der Waals surface area contributed by atoms with Crippen LogP contribution < -0.4 is 5.73 Å². The summed E-state index contributed by atoms with van der Waals surface area (Å²) in [6.07, 6.45) is 0.284. The van der Waals surface area contributed by atoms with E-state index in [1.165, 1.54) is 30.8 Å². The van der Waals surface area contributed by atoms with Crippen LogP contribution in [0.2, 0.25) is 0 Å². The molecule has 1 amide bonds. The third-order valence-corrected chi connectivity index (χ3v) is 9.02. The lowest BCUT2D eigenvalue weighted by Crippen LogP contribution is -2.68. The number of carbonyl (C=O) groups is 3. The topological polar surface area (TPSA) is 182 Å². The Balaban J connectivity index is 2.10. The maximum atomic E-state index is 14.1. The standard InChI is InChI=1S/C28H36N2O8S/c1-10-13-11(9-39-7)8-12(27(2,3)4)20(31)15(13)21(32)16-14(10)22(33)18-19(30(5)6)23(34)17(26(29)37)25(36)28(18,38)24(16)35/h8,10,14,18-19,22,31,33-35,38H,9H2,1-7H3,(H2,29,37)/t10-,14+,18+,19-,22-,28-/m0/s1. The quantitative estimate of drug-likeness (QED) is 0.297. The Kier molecular flexibility index (Phi) is 6.99. The molecule has 0 fully saturated rings. The molecule has 0 saturated heterocycles. The molecule has 0 spiro atoms. The van der Waals surface area contributed by atoms with E-state index in [0.29, 0.717) is 16.9 Å². The monoisotopic (exact) mass is 560 g/mol. The number of ketones is 2. The molecule has 0 saturated carbocycles. The molecule has 1 aromatic carbocycles. The van der Waals surface area contributed by atoms with E-state index in [4.69, 9.17) is 5.73 Å². The van der Waals surface area contributed by atoms with Crippen molar-refractivity contribution in [3.8, 4) is 5.75 Å². The van der Waals surface area contributed by atoms with Gasteiger partial charge in [-0.3, -0.25) is 19.3 Å². The number of primary amides is 1. The van der Waals surface area contributed by atoms with Gasteiger partial charge >= 0.3 is 0 Å². The fraction of sp³-hybridized carbons (Fsp3) is 0.536. The van der Waals surface area contributed by atoms with Gasteiger partial charge in [0.05, 0.1) is 23.6 Å². The fourth-order valence-corrected chi connectivity index (χ4v) is 7.27. The highest BCUT2D eigenvalue weighted by Crippen LogP contribution is 2.57. The molecule has 212 valence electrons. The molecule has 0 bridgehead atoms. The van der Waals surface area contributed by atoms with Gasteiger partial charge in [-0.15, -0.1) is 0 Å². The lowest BCUT2D eigenvalue weighted by Gasteiger charge is -2.53. The Morgan fingerprint density at radius 1 is 1.18 bits per heavy atom. The highest BCUT2D eigenvalue weighted by molar-refractivity contribution is 7.97. The molecule has 6 atom stereocenters. The highest BCUT2D eigenvalue weighted by atomic mass is 32.2. The number of benzene rings is 1. The number of nitrogens with two attached hydrogens (primary N) is 1. The highest BCUT2D eigenvalue weighted by Gasteiger charge is 2.67. The number of rotatable bonds is 4. The Morgan fingerprint density at radius 3 is 2.26 bits per heavy atom. The number of hydrogen-bond acceptors (Lipinski definition) is 10. The zero-order valence-corrected chi connectivity index (χ0v) is 23.9. The third kappa shape index (κ3) is 3.85. The number of fused-ring (bicyclic) bond motifs is 3. The van der Waals surface area contributed by atoms with Crippen molar-refractivity contribution in [3.63, 3.8) is 0 Å². The van der Waals surface area contributed by atoms with Gasteiger partial charge in [-0.1, -0.05) is 33.8 Å². The molecule has 10 nitrogen and oxygen atoms in total. The van der Waals surface area contributed by atoms with Crippen molar-refractivity contribution in [1.82, 2.24) is 4.90 Å². The van der Waals surface area contributed by atoms with Crippen LogP contribution >= 0.6 is 11.8 Å². The number of aliphatic hydroxyl groups excluding tert-OH is 3. The Morgan fingerprint density at radius 2 is 1.77 bits per heavy atom. The minimum atomic E-state index is -2.93. The van der Waals surface area contributed by atoms with Crippen LogP contribution in [0, 0.1) is 11.8 Å². The van der Waals surface area contributed by atoms with E-state index in [2.05, 4.69) is 0 Å². The summed E-state index contributed by atoms with van der Waals surface area (Å²) in [5.41, 5.74) is 2.35. The number of nitrogens with zero attached hydrogens (tertiary/aromatic N) is 1. The average Bonchev–Trinajstić information content (AvgIpc) is 2.81. The second-order valence-electron chi connectivity index (χ2n) is 12.0. The number of phenolic OH excluding ortho intramolecular Hbond substituents is 1. The molecule has 3 aliphatic rings. The number of carbonyl (C=O) groups excluding carboxylic acids is 3. The smallest absolute Gasteiger partial charge is 0.255 e. The fourth-order valence-electron chi connectivity index (χ4n) is 6.72.